The van der Waals surface area contributed by atoms with E-state index in [0.29, 0.717) is 29.3 Å². The molecule has 178 valence electrons. The molecule has 0 aliphatic carbocycles. The van der Waals surface area contributed by atoms with Crippen LogP contribution in [0.15, 0.2) is 29.1 Å². The second-order valence-electron chi connectivity index (χ2n) is 8.62. The first-order valence-corrected chi connectivity index (χ1v) is 11.2. The van der Waals surface area contributed by atoms with Gasteiger partial charge in [0.25, 0.3) is 0 Å². The van der Waals surface area contributed by atoms with Gasteiger partial charge in [0.15, 0.2) is 22.7 Å². The quantitative estimate of drug-likeness (QED) is 0.506. The molecule has 2 aromatic heterocycles. The first-order valence-electron chi connectivity index (χ1n) is 10.8. The fourth-order valence-corrected chi connectivity index (χ4v) is 4.47. The molecule has 0 saturated carbocycles. The van der Waals surface area contributed by atoms with Crippen LogP contribution in [0, 0.1) is 12.7 Å². The molecule has 0 spiro atoms. The molecule has 11 heteroatoms. The van der Waals surface area contributed by atoms with E-state index >= 15 is 0 Å². The number of aliphatic imine (C=N–C) groups is 1. The number of aromatic nitrogens is 2. The third-order valence-corrected chi connectivity index (χ3v) is 6.24. The van der Waals surface area contributed by atoms with E-state index in [1.807, 2.05) is 38.5 Å². The molecule has 0 unspecified atom stereocenters. The molecule has 2 aromatic rings. The Hall–Kier alpha value is -3.49. The minimum Gasteiger partial charge on any atom is -0.465 e. The van der Waals surface area contributed by atoms with Crippen molar-refractivity contribution in [2.75, 3.05) is 24.5 Å². The van der Waals surface area contributed by atoms with Crippen LogP contribution in [0.1, 0.15) is 43.5 Å². The lowest BCUT2D eigenvalue weighted by atomic mass is 10.0. The van der Waals surface area contributed by atoms with Gasteiger partial charge < -0.3 is 14.9 Å². The predicted molar refractivity (Wildman–Crippen MR) is 126 cm³/mol. The second-order valence-corrected chi connectivity index (χ2v) is 8.97. The summed E-state index contributed by atoms with van der Waals surface area (Å²) < 4.78 is 14.6. The summed E-state index contributed by atoms with van der Waals surface area (Å²) in [6, 6.07) is 2.77. The van der Waals surface area contributed by atoms with Crippen molar-refractivity contribution >= 4 is 41.0 Å². The number of carbonyl (C=O) groups excluding carboxylic acids is 1. The molecule has 9 nitrogen and oxygen atoms in total. The molecule has 1 fully saturated rings. The molecule has 4 heterocycles. The van der Waals surface area contributed by atoms with Crippen LogP contribution in [-0.4, -0.2) is 68.4 Å². The predicted octanol–water partition coefficient (Wildman–Crippen LogP) is 3.96. The molecule has 1 amide bonds. The number of hydrogen-bond acceptors (Lipinski definition) is 7. The number of piperazine rings is 1. The Balaban J connectivity index is 1.92. The van der Waals surface area contributed by atoms with Crippen molar-refractivity contribution in [1.29, 1.82) is 0 Å². The number of nitrogens with zero attached hydrogens (tertiary/aromatic N) is 6. The number of pyridine rings is 2. The lowest BCUT2D eigenvalue weighted by molar-refractivity contribution is 0.106. The summed E-state index contributed by atoms with van der Waals surface area (Å²) in [6.07, 6.45) is 0.678. The maximum atomic E-state index is 14.6. The van der Waals surface area contributed by atoms with Crippen molar-refractivity contribution in [2.45, 2.75) is 39.7 Å². The average Bonchev–Trinajstić information content (AvgIpc) is 2.79. The lowest BCUT2D eigenvalue weighted by Crippen LogP contribution is -2.56. The number of aryl methyl sites for hydroxylation is 1. The van der Waals surface area contributed by atoms with Crippen molar-refractivity contribution in [2.24, 2.45) is 4.99 Å². The Labute approximate surface area is 201 Å². The molecule has 1 saturated heterocycles. The first-order chi connectivity index (χ1) is 16.1. The molecule has 34 heavy (non-hydrogen) atoms. The number of carbonyl (C=O) groups is 1. The Morgan fingerprint density at radius 3 is 2.71 bits per heavy atom. The minimum absolute atomic E-state index is 0.0108. The van der Waals surface area contributed by atoms with E-state index in [4.69, 9.17) is 11.6 Å². The van der Waals surface area contributed by atoms with Crippen molar-refractivity contribution in [3.05, 3.63) is 51.9 Å². The number of anilines is 2. The highest BCUT2D eigenvalue weighted by Gasteiger charge is 2.37. The summed E-state index contributed by atoms with van der Waals surface area (Å²) in [6.45, 7) is 8.45. The van der Waals surface area contributed by atoms with Crippen LogP contribution in [0.3, 0.4) is 0 Å². The fraction of sp³-hybridized carbons (Fsp3) is 0.391. The summed E-state index contributed by atoms with van der Waals surface area (Å²) in [5.74, 6) is 1.67. The van der Waals surface area contributed by atoms with Gasteiger partial charge in [-0.15, -0.1) is 0 Å². The number of amides is 1. The standard InChI is InChI=1S/C23H24ClFN6O3/c1-12(2)18-19(13(3)5-6-26-18)31-17(11-32)27-21(15-9-16(25)20(24)28-22(15)31)30-8-7-29(23(33)34)10-14(30)4/h5-6,9,12,14H,7-8,10H2,1-4H3,(H,33,34)/t14-/m0/s1. The molecule has 2 aliphatic rings. The molecule has 0 bridgehead atoms. The topological polar surface area (TPSA) is 102 Å². The van der Waals surface area contributed by atoms with Gasteiger partial charge in [0.2, 0.25) is 5.82 Å². The summed E-state index contributed by atoms with van der Waals surface area (Å²) in [4.78, 5) is 41.6. The van der Waals surface area contributed by atoms with E-state index in [9.17, 15) is 19.1 Å². The fourth-order valence-electron chi connectivity index (χ4n) is 4.33. The Bertz CT molecular complexity index is 1240. The van der Waals surface area contributed by atoms with Crippen LogP contribution >= 0.6 is 11.6 Å². The molecule has 0 radical (unpaired) electrons. The van der Waals surface area contributed by atoms with Gasteiger partial charge in [-0.2, -0.15) is 0 Å². The van der Waals surface area contributed by atoms with Gasteiger partial charge in [-0.1, -0.05) is 25.4 Å². The van der Waals surface area contributed by atoms with Gasteiger partial charge in [0.1, 0.15) is 5.84 Å². The van der Waals surface area contributed by atoms with Crippen LogP contribution in [0.2, 0.25) is 5.15 Å². The first kappa shape index (κ1) is 23.7. The Morgan fingerprint density at radius 1 is 1.35 bits per heavy atom. The average molecular weight is 487 g/mol. The van der Waals surface area contributed by atoms with E-state index in [0.717, 1.165) is 5.56 Å². The smallest absolute Gasteiger partial charge is 0.407 e. The summed E-state index contributed by atoms with van der Waals surface area (Å²) >= 11 is 6.09. The maximum Gasteiger partial charge on any atom is 0.407 e. The number of amidine groups is 1. The van der Waals surface area contributed by atoms with Crippen molar-refractivity contribution in [1.82, 2.24) is 19.8 Å². The van der Waals surface area contributed by atoms with Gasteiger partial charge in [-0.05, 0) is 37.5 Å². The maximum absolute atomic E-state index is 14.6. The van der Waals surface area contributed by atoms with E-state index < -0.39 is 11.9 Å². The third-order valence-electron chi connectivity index (χ3n) is 5.98. The molecular weight excluding hydrogens is 463 g/mol. The highest BCUT2D eigenvalue weighted by Crippen LogP contribution is 2.41. The number of rotatable bonds is 2. The van der Waals surface area contributed by atoms with Gasteiger partial charge in [0, 0.05) is 31.9 Å². The molecule has 0 aromatic carbocycles. The van der Waals surface area contributed by atoms with Crippen LogP contribution in [0.25, 0.3) is 0 Å². The zero-order valence-electron chi connectivity index (χ0n) is 19.2. The van der Waals surface area contributed by atoms with Crippen molar-refractivity contribution in [3.8, 4) is 0 Å². The Kier molecular flexibility index (Phi) is 6.29. The largest absolute Gasteiger partial charge is 0.465 e. The number of halogens is 2. The third kappa shape index (κ3) is 3.99. The van der Waals surface area contributed by atoms with Gasteiger partial charge >= 0.3 is 6.09 Å². The van der Waals surface area contributed by atoms with Gasteiger partial charge in [-0.25, -0.2) is 24.0 Å². The molecule has 1 atom stereocenters. The normalized spacial score (nSPS) is 18.1. The van der Waals surface area contributed by atoms with Gasteiger partial charge in [-0.3, -0.25) is 9.88 Å². The molecule has 2 aliphatic heterocycles. The second kappa shape index (κ2) is 9.04. The van der Waals surface area contributed by atoms with E-state index in [2.05, 4.69) is 15.0 Å². The highest BCUT2D eigenvalue weighted by atomic mass is 35.5. The van der Waals surface area contributed by atoms with Gasteiger partial charge in [0.05, 0.1) is 16.9 Å². The lowest BCUT2D eigenvalue weighted by Gasteiger charge is -2.42. The highest BCUT2D eigenvalue weighted by molar-refractivity contribution is 6.30. The van der Waals surface area contributed by atoms with Crippen LogP contribution < -0.4 is 4.90 Å². The minimum atomic E-state index is -1.01. The van der Waals surface area contributed by atoms with E-state index in [1.165, 1.54) is 15.9 Å². The zero-order chi connectivity index (χ0) is 24.7. The van der Waals surface area contributed by atoms with Crippen molar-refractivity contribution < 1.29 is 19.1 Å². The van der Waals surface area contributed by atoms with E-state index in [-0.39, 0.29) is 41.8 Å². The van der Waals surface area contributed by atoms with Crippen LogP contribution in [-0.2, 0) is 4.79 Å². The summed E-state index contributed by atoms with van der Waals surface area (Å²) in [5, 5.41) is 9.01. The summed E-state index contributed by atoms with van der Waals surface area (Å²) in [7, 11) is 0. The zero-order valence-corrected chi connectivity index (χ0v) is 20.0. The molecule has 1 N–H and O–H groups in total. The number of fused-ring (bicyclic) bond motifs is 1. The summed E-state index contributed by atoms with van der Waals surface area (Å²) in [5.41, 5.74) is 2.48. The number of carboxylic acid groups (broad SMARTS) is 1. The van der Waals surface area contributed by atoms with Crippen LogP contribution in [0.4, 0.5) is 20.7 Å². The van der Waals surface area contributed by atoms with E-state index in [1.54, 1.807) is 12.3 Å². The monoisotopic (exact) mass is 486 g/mol. The SMILES string of the molecule is Cc1ccnc(C(C)C)c1N1C(=C=O)N=C(N2CCN(C(=O)O)C[C@@H]2C)c2cc(F)c(Cl)nc21. The Morgan fingerprint density at radius 2 is 2.09 bits per heavy atom. The molecule has 4 rings (SSSR count). The number of hydrogen-bond donors (Lipinski definition) is 1. The van der Waals surface area contributed by atoms with Crippen LogP contribution in [0.5, 0.6) is 0 Å². The van der Waals surface area contributed by atoms with Crippen molar-refractivity contribution in [3.63, 3.8) is 0 Å². The molecular formula is C23H24ClFN6O3.